The minimum Gasteiger partial charge on any atom is -0.376 e. The Labute approximate surface area is 226 Å². The van der Waals surface area contributed by atoms with Crippen molar-refractivity contribution in [1.29, 1.82) is 0 Å². The number of anilines is 1. The summed E-state index contributed by atoms with van der Waals surface area (Å²) in [6.07, 6.45) is 10.00. The molecular weight excluding hydrogens is 498 g/mol. The summed E-state index contributed by atoms with van der Waals surface area (Å²) >= 11 is 0. The second-order valence-electron chi connectivity index (χ2n) is 11.8. The number of fused-ring (bicyclic) bond motifs is 1. The summed E-state index contributed by atoms with van der Waals surface area (Å²) in [5.41, 5.74) is 0.191. The third kappa shape index (κ3) is 4.86. The van der Waals surface area contributed by atoms with Gasteiger partial charge in [0.25, 0.3) is 0 Å². The van der Waals surface area contributed by atoms with Crippen molar-refractivity contribution in [3.63, 3.8) is 0 Å². The molecule has 0 bridgehead atoms. The molecule has 2 aliphatic carbocycles. The third-order valence-electron chi connectivity index (χ3n) is 8.70. The molecule has 6 rings (SSSR count). The first-order valence-electron chi connectivity index (χ1n) is 14.0. The summed E-state index contributed by atoms with van der Waals surface area (Å²) in [6, 6.07) is 1.99. The second kappa shape index (κ2) is 9.89. The van der Waals surface area contributed by atoms with E-state index in [1.165, 1.54) is 32.1 Å². The van der Waals surface area contributed by atoms with Crippen LogP contribution in [-0.4, -0.2) is 50.6 Å². The summed E-state index contributed by atoms with van der Waals surface area (Å²) in [6.45, 7) is 6.90. The summed E-state index contributed by atoms with van der Waals surface area (Å²) in [4.78, 5) is 28.7. The molecular formula is C27H37N9O3. The Morgan fingerprint density at radius 2 is 1.97 bits per heavy atom. The number of nitrogens with one attached hydrogen (secondary N) is 2. The van der Waals surface area contributed by atoms with E-state index < -0.39 is 11.4 Å². The SMILES string of the molecule is CC1CCC(Cn2c(C(C)(O)c3ccn(C)n3)nc3nc(-c4noc(=O)[nH]4)nc(N[C@H](C)C4CCC4)c32)CC1. The molecule has 2 fully saturated rings. The summed E-state index contributed by atoms with van der Waals surface area (Å²) < 4.78 is 8.50. The lowest BCUT2D eigenvalue weighted by molar-refractivity contribution is 0.0814. The van der Waals surface area contributed by atoms with Gasteiger partial charge in [-0.1, -0.05) is 31.3 Å². The van der Waals surface area contributed by atoms with Crippen LogP contribution in [-0.2, 0) is 19.2 Å². The number of rotatable bonds is 8. The van der Waals surface area contributed by atoms with Gasteiger partial charge < -0.3 is 15.0 Å². The molecule has 12 nitrogen and oxygen atoms in total. The van der Waals surface area contributed by atoms with Crippen LogP contribution in [0.2, 0.25) is 0 Å². The molecule has 0 saturated heterocycles. The fourth-order valence-corrected chi connectivity index (χ4v) is 5.95. The van der Waals surface area contributed by atoms with E-state index in [9.17, 15) is 9.90 Å². The quantitative estimate of drug-likeness (QED) is 0.307. The number of hydrogen-bond donors (Lipinski definition) is 3. The molecule has 12 heteroatoms. The predicted octanol–water partition coefficient (Wildman–Crippen LogP) is 3.59. The Balaban J connectivity index is 1.53. The van der Waals surface area contributed by atoms with Crippen LogP contribution in [0, 0.1) is 17.8 Å². The minimum atomic E-state index is -1.47. The van der Waals surface area contributed by atoms with E-state index >= 15 is 0 Å². The predicted molar refractivity (Wildman–Crippen MR) is 145 cm³/mol. The van der Waals surface area contributed by atoms with Crippen LogP contribution in [0.15, 0.2) is 21.6 Å². The first-order valence-corrected chi connectivity index (χ1v) is 14.0. The lowest BCUT2D eigenvalue weighted by Gasteiger charge is -2.32. The second-order valence-corrected chi connectivity index (χ2v) is 11.8. The molecule has 1 unspecified atom stereocenters. The molecule has 2 saturated carbocycles. The normalized spacial score (nSPS) is 22.5. The van der Waals surface area contributed by atoms with Crippen LogP contribution in [0.5, 0.6) is 0 Å². The van der Waals surface area contributed by atoms with E-state index in [-0.39, 0.29) is 17.7 Å². The number of aryl methyl sites for hydroxylation is 1. The number of aromatic amines is 1. The molecule has 4 heterocycles. The van der Waals surface area contributed by atoms with Crippen LogP contribution in [0.25, 0.3) is 22.8 Å². The average Bonchev–Trinajstić information content (AvgIpc) is 3.58. The molecule has 0 radical (unpaired) electrons. The summed E-state index contributed by atoms with van der Waals surface area (Å²) in [5.74, 6) is 2.46. The monoisotopic (exact) mass is 535 g/mol. The Bertz CT molecular complexity index is 1520. The van der Waals surface area contributed by atoms with Gasteiger partial charge >= 0.3 is 5.76 Å². The fraction of sp³-hybridized carbons (Fsp3) is 0.630. The van der Waals surface area contributed by atoms with Gasteiger partial charge in [0.05, 0.1) is 0 Å². The summed E-state index contributed by atoms with van der Waals surface area (Å²) in [5, 5.41) is 23.9. The standard InChI is InChI=1S/C27H37N9O3/c1-15-8-10-17(11-9-15)14-36-20-21(28-16(2)18-6-5-7-18)29-23(24-32-26(37)39-34-24)30-22(20)31-25(36)27(3,38)19-12-13-35(4)33-19/h12-13,15-18,38H,5-11,14H2,1-4H3,(H,28,29,30)(H,32,34,37)/t15?,16-,17?,27?/m1/s1. The van der Waals surface area contributed by atoms with Crippen molar-refractivity contribution < 1.29 is 9.63 Å². The van der Waals surface area contributed by atoms with Gasteiger partial charge in [-0.25, -0.2) is 19.7 Å². The highest BCUT2D eigenvalue weighted by Gasteiger charge is 2.37. The van der Waals surface area contributed by atoms with Crippen molar-refractivity contribution in [3.05, 3.63) is 34.3 Å². The number of imidazole rings is 1. The maximum Gasteiger partial charge on any atom is 0.439 e. The number of hydrogen-bond acceptors (Lipinski definition) is 9. The Hall–Kier alpha value is -3.54. The molecule has 2 atom stereocenters. The van der Waals surface area contributed by atoms with Crippen molar-refractivity contribution in [1.82, 2.24) is 39.4 Å². The zero-order valence-corrected chi connectivity index (χ0v) is 23.0. The minimum absolute atomic E-state index is 0.134. The lowest BCUT2D eigenvalue weighted by atomic mass is 9.80. The molecule has 2 aliphatic rings. The van der Waals surface area contributed by atoms with Gasteiger partial charge in [-0.15, -0.1) is 0 Å². The van der Waals surface area contributed by atoms with Crippen molar-refractivity contribution >= 4 is 17.0 Å². The van der Waals surface area contributed by atoms with Crippen molar-refractivity contribution in [2.45, 2.75) is 83.9 Å². The largest absolute Gasteiger partial charge is 0.439 e. The van der Waals surface area contributed by atoms with Gasteiger partial charge in [0.15, 0.2) is 17.1 Å². The first kappa shape index (κ1) is 25.7. The smallest absolute Gasteiger partial charge is 0.376 e. The van der Waals surface area contributed by atoms with Gasteiger partial charge in [0.2, 0.25) is 11.6 Å². The number of aromatic nitrogens is 8. The Morgan fingerprint density at radius 3 is 2.59 bits per heavy atom. The molecule has 208 valence electrons. The van der Waals surface area contributed by atoms with Gasteiger partial charge in [-0.2, -0.15) is 5.10 Å². The highest BCUT2D eigenvalue weighted by molar-refractivity contribution is 5.86. The molecule has 39 heavy (non-hydrogen) atoms. The molecule has 0 amide bonds. The van der Waals surface area contributed by atoms with Crippen molar-refractivity contribution in [3.8, 4) is 11.6 Å². The van der Waals surface area contributed by atoms with Gasteiger partial charge in [0, 0.05) is 25.8 Å². The van der Waals surface area contributed by atoms with E-state index in [2.05, 4.69) is 39.0 Å². The highest BCUT2D eigenvalue weighted by Crippen LogP contribution is 2.37. The number of H-pyrrole nitrogens is 1. The van der Waals surface area contributed by atoms with E-state index in [0.717, 1.165) is 24.3 Å². The topological polar surface area (TPSA) is 153 Å². The molecule has 0 spiro atoms. The van der Waals surface area contributed by atoms with Gasteiger partial charge in [-0.05, 0) is 63.4 Å². The van der Waals surface area contributed by atoms with E-state index in [1.807, 2.05) is 13.2 Å². The number of aliphatic hydroxyl groups is 1. The molecule has 4 aromatic rings. The molecule has 0 aromatic carbocycles. The average molecular weight is 536 g/mol. The van der Waals surface area contributed by atoms with Crippen LogP contribution in [0.3, 0.4) is 0 Å². The summed E-state index contributed by atoms with van der Waals surface area (Å²) in [7, 11) is 1.83. The molecule has 3 N–H and O–H groups in total. The van der Waals surface area contributed by atoms with E-state index in [1.54, 1.807) is 17.7 Å². The van der Waals surface area contributed by atoms with Crippen LogP contribution >= 0.6 is 0 Å². The van der Waals surface area contributed by atoms with Gasteiger partial charge in [0.1, 0.15) is 17.0 Å². The molecule has 4 aromatic heterocycles. The van der Waals surface area contributed by atoms with Crippen molar-refractivity contribution in [2.75, 3.05) is 5.32 Å². The lowest BCUT2D eigenvalue weighted by Crippen LogP contribution is -2.32. The van der Waals surface area contributed by atoms with Crippen LogP contribution in [0.1, 0.15) is 77.2 Å². The fourth-order valence-electron chi connectivity index (χ4n) is 5.95. The maximum atomic E-state index is 11.9. The maximum absolute atomic E-state index is 11.9. The van der Waals surface area contributed by atoms with Gasteiger partial charge in [-0.3, -0.25) is 14.2 Å². The highest BCUT2D eigenvalue weighted by atomic mass is 16.5. The Morgan fingerprint density at radius 1 is 1.21 bits per heavy atom. The first-order chi connectivity index (χ1) is 18.7. The Kier molecular flexibility index (Phi) is 6.52. The van der Waals surface area contributed by atoms with E-state index in [0.29, 0.717) is 41.4 Å². The van der Waals surface area contributed by atoms with Crippen LogP contribution in [0.4, 0.5) is 5.82 Å². The zero-order chi connectivity index (χ0) is 27.3. The van der Waals surface area contributed by atoms with Crippen molar-refractivity contribution in [2.24, 2.45) is 24.8 Å². The molecule has 0 aliphatic heterocycles. The van der Waals surface area contributed by atoms with Crippen LogP contribution < -0.4 is 11.1 Å². The van der Waals surface area contributed by atoms with E-state index in [4.69, 9.17) is 19.5 Å². The number of nitrogens with zero attached hydrogens (tertiary/aromatic N) is 7. The zero-order valence-electron chi connectivity index (χ0n) is 23.0. The third-order valence-corrected chi connectivity index (χ3v) is 8.70.